The SMILES string of the molecule is COc1c(-c2ccccc2)c(-c2ccccc2)nc2ccc(N)cc12.COc1c(-c2ccccc2)c(-c2ccccc2)nc2ccc([N+](=O)[O-])cc12.Cl.[Cl][Sn][Cl]. The van der Waals surface area contributed by atoms with E-state index in [2.05, 4.69) is 24.3 Å². The third kappa shape index (κ3) is 9.34. The van der Waals surface area contributed by atoms with Gasteiger partial charge in [-0.05, 0) is 35.4 Å². The molecule has 8 aromatic rings. The van der Waals surface area contributed by atoms with Crippen LogP contribution in [0.15, 0.2) is 158 Å². The number of aromatic nitrogens is 2. The van der Waals surface area contributed by atoms with Crippen molar-refractivity contribution in [2.24, 2.45) is 0 Å². The second-order valence-corrected chi connectivity index (χ2v) is 16.2. The molecule has 0 spiro atoms. The number of halogens is 3. The Bertz CT molecular complexity index is 2550. The van der Waals surface area contributed by atoms with Gasteiger partial charge in [0.2, 0.25) is 0 Å². The molecule has 0 aliphatic heterocycles. The zero-order valence-corrected chi connectivity index (χ0v) is 35.4. The van der Waals surface area contributed by atoms with Crippen molar-refractivity contribution in [1.29, 1.82) is 0 Å². The topological polar surface area (TPSA) is 113 Å². The number of nitrogen functional groups attached to an aromatic ring is 1. The fourth-order valence-electron chi connectivity index (χ4n) is 6.37. The Labute approximate surface area is 348 Å². The molecule has 0 atom stereocenters. The van der Waals surface area contributed by atoms with Gasteiger partial charge in [-0.3, -0.25) is 10.1 Å². The van der Waals surface area contributed by atoms with Crippen molar-refractivity contribution < 1.29 is 14.4 Å². The number of anilines is 1. The monoisotopic (exact) mass is 908 g/mol. The number of pyridine rings is 2. The van der Waals surface area contributed by atoms with Gasteiger partial charge in [-0.1, -0.05) is 121 Å². The summed E-state index contributed by atoms with van der Waals surface area (Å²) < 4.78 is 11.6. The van der Waals surface area contributed by atoms with Gasteiger partial charge in [0.25, 0.3) is 5.69 Å². The van der Waals surface area contributed by atoms with E-state index >= 15 is 0 Å². The Morgan fingerprint density at radius 3 is 1.30 bits per heavy atom. The molecule has 0 fully saturated rings. The fourth-order valence-corrected chi connectivity index (χ4v) is 6.37. The number of rotatable bonds is 7. The van der Waals surface area contributed by atoms with Gasteiger partial charge in [-0.25, -0.2) is 9.97 Å². The van der Waals surface area contributed by atoms with Crippen LogP contribution >= 0.6 is 30.2 Å². The van der Waals surface area contributed by atoms with Crippen LogP contribution in [0.1, 0.15) is 0 Å². The molecule has 2 heterocycles. The van der Waals surface area contributed by atoms with Crippen LogP contribution in [-0.4, -0.2) is 48.0 Å². The molecular weight excluding hydrogens is 874 g/mol. The molecule has 6 aromatic carbocycles. The maximum atomic E-state index is 11.2. The summed E-state index contributed by atoms with van der Waals surface area (Å²) in [6.07, 6.45) is 0. The Hall–Kier alpha value is -5.39. The van der Waals surface area contributed by atoms with E-state index < -0.39 is 23.8 Å². The van der Waals surface area contributed by atoms with Gasteiger partial charge < -0.3 is 15.2 Å². The van der Waals surface area contributed by atoms with Crippen LogP contribution in [0.25, 0.3) is 66.6 Å². The van der Waals surface area contributed by atoms with Crippen molar-refractivity contribution in [3.63, 3.8) is 0 Å². The van der Waals surface area contributed by atoms with E-state index in [0.717, 1.165) is 61.4 Å². The van der Waals surface area contributed by atoms with E-state index in [0.29, 0.717) is 22.3 Å². The average molecular weight is 909 g/mol. The first-order valence-electron chi connectivity index (χ1n) is 17.0. The molecule has 2 radical (unpaired) electrons. The maximum absolute atomic E-state index is 11.2. The Morgan fingerprint density at radius 2 is 0.929 bits per heavy atom. The fraction of sp³-hybridized carbons (Fsp3) is 0.0455. The predicted octanol–water partition coefficient (Wildman–Crippen LogP) is 12.1. The molecule has 12 heteroatoms. The summed E-state index contributed by atoms with van der Waals surface area (Å²) in [6.45, 7) is 0. The molecule has 56 heavy (non-hydrogen) atoms. The first-order chi connectivity index (χ1) is 26.9. The third-order valence-corrected chi connectivity index (χ3v) is 8.72. The van der Waals surface area contributed by atoms with E-state index in [1.807, 2.05) is 115 Å². The Kier molecular flexibility index (Phi) is 14.9. The van der Waals surface area contributed by atoms with Crippen LogP contribution in [0.4, 0.5) is 11.4 Å². The molecule has 0 saturated carbocycles. The van der Waals surface area contributed by atoms with Crippen molar-refractivity contribution in [1.82, 2.24) is 9.97 Å². The molecule has 8 nitrogen and oxygen atoms in total. The first-order valence-corrected chi connectivity index (χ1v) is 24.2. The minimum absolute atomic E-state index is 0. The molecule has 0 unspecified atom stereocenters. The van der Waals surface area contributed by atoms with E-state index in [1.54, 1.807) is 20.3 Å². The van der Waals surface area contributed by atoms with Crippen molar-refractivity contribution in [2.45, 2.75) is 0 Å². The van der Waals surface area contributed by atoms with Crippen molar-refractivity contribution in [3.8, 4) is 56.3 Å². The molecule has 2 N–H and O–H groups in total. The normalized spacial score (nSPS) is 10.3. The van der Waals surface area contributed by atoms with Gasteiger partial charge in [0.1, 0.15) is 11.5 Å². The summed E-state index contributed by atoms with van der Waals surface area (Å²) in [5, 5.41) is 12.8. The van der Waals surface area contributed by atoms with Crippen LogP contribution in [0, 0.1) is 10.1 Å². The van der Waals surface area contributed by atoms with E-state index in [1.165, 1.54) is 12.1 Å². The van der Waals surface area contributed by atoms with Gasteiger partial charge >= 0.3 is 36.7 Å². The van der Waals surface area contributed by atoms with Crippen molar-refractivity contribution in [2.75, 3.05) is 20.0 Å². The summed E-state index contributed by atoms with van der Waals surface area (Å²) in [5.74, 6) is 1.37. The number of benzene rings is 6. The summed E-state index contributed by atoms with van der Waals surface area (Å²) in [5.41, 5.74) is 15.7. The molecular formula is C44H35Cl3N4O4Sn. The number of nitro groups is 1. The number of hydrogen-bond acceptors (Lipinski definition) is 7. The zero-order chi connectivity index (χ0) is 38.7. The number of fused-ring (bicyclic) bond motifs is 2. The van der Waals surface area contributed by atoms with Crippen LogP contribution < -0.4 is 15.2 Å². The summed E-state index contributed by atoms with van der Waals surface area (Å²) in [4.78, 5) is 20.6. The Balaban J connectivity index is 0.000000198. The zero-order valence-electron chi connectivity index (χ0n) is 30.2. The van der Waals surface area contributed by atoms with Crippen molar-refractivity contribution in [3.05, 3.63) is 168 Å². The van der Waals surface area contributed by atoms with E-state index in [4.69, 9.17) is 43.0 Å². The summed E-state index contributed by atoms with van der Waals surface area (Å²) >= 11 is -0.826. The molecule has 0 amide bonds. The second-order valence-electron chi connectivity index (χ2n) is 12.0. The van der Waals surface area contributed by atoms with Gasteiger partial charge in [0.15, 0.2) is 0 Å². The van der Waals surface area contributed by atoms with Crippen LogP contribution in [0.2, 0.25) is 0 Å². The van der Waals surface area contributed by atoms with Gasteiger partial charge in [0.05, 0.1) is 52.7 Å². The number of nitrogens with two attached hydrogens (primary N) is 1. The molecule has 0 saturated heterocycles. The van der Waals surface area contributed by atoms with E-state index in [9.17, 15) is 10.1 Å². The number of hydrogen-bond donors (Lipinski definition) is 1. The predicted molar refractivity (Wildman–Crippen MR) is 234 cm³/mol. The van der Waals surface area contributed by atoms with Crippen LogP contribution in [0.3, 0.4) is 0 Å². The first kappa shape index (κ1) is 41.8. The van der Waals surface area contributed by atoms with Crippen molar-refractivity contribution >= 4 is 82.3 Å². The minimum atomic E-state index is -0.826. The standard InChI is InChI=1S/C22H16N2O3.C22H18N2O.3ClH.Sn/c1-27-22-18-14-17(24(25)26)12-13-19(18)23-21(16-10-6-3-7-11-16)20(22)15-8-4-2-5-9-15;1-25-22-18-14-17(23)12-13-19(18)24-21(16-10-6-3-7-11-16)20(22)15-8-4-2-5-9-15;;;;/h2-14H,1H3;2-14H,23H2,1H3;3*1H;/q;;;;;+2/p-2. The quantitative estimate of drug-likeness (QED) is 0.0733. The molecule has 0 bridgehead atoms. The van der Waals surface area contributed by atoms with Gasteiger partial charge in [0, 0.05) is 39.7 Å². The number of methoxy groups -OCH3 is 2. The average Bonchev–Trinajstić information content (AvgIpc) is 3.23. The van der Waals surface area contributed by atoms with Crippen LogP contribution in [0.5, 0.6) is 11.5 Å². The summed E-state index contributed by atoms with van der Waals surface area (Å²) in [6, 6.07) is 50.4. The molecule has 280 valence electrons. The number of nitrogens with zero attached hydrogens (tertiary/aromatic N) is 3. The second kappa shape index (κ2) is 20.0. The number of nitro benzene ring substituents is 1. The molecule has 0 aliphatic rings. The Morgan fingerprint density at radius 1 is 0.571 bits per heavy atom. The van der Waals surface area contributed by atoms with Gasteiger partial charge in [-0.15, -0.1) is 12.4 Å². The number of ether oxygens (including phenoxy) is 2. The van der Waals surface area contributed by atoms with Gasteiger partial charge in [-0.2, -0.15) is 0 Å². The molecule has 8 rings (SSSR count). The number of non-ortho nitro benzene ring substituents is 1. The van der Waals surface area contributed by atoms with Crippen LogP contribution in [-0.2, 0) is 0 Å². The van der Waals surface area contributed by atoms with E-state index in [-0.39, 0.29) is 18.1 Å². The molecule has 2 aromatic heterocycles. The third-order valence-electron chi connectivity index (χ3n) is 8.72. The molecule has 0 aliphatic carbocycles. The summed E-state index contributed by atoms with van der Waals surface area (Å²) in [7, 11) is 13.1.